The van der Waals surface area contributed by atoms with Crippen LogP contribution in [0.5, 0.6) is 0 Å². The van der Waals surface area contributed by atoms with Crippen molar-refractivity contribution >= 4 is 0 Å². The largest absolute Gasteiger partial charge is 0.373 e. The molecule has 0 aromatic carbocycles. The fourth-order valence-corrected chi connectivity index (χ4v) is 0.387. The van der Waals surface area contributed by atoms with E-state index in [4.69, 9.17) is 4.74 Å². The molecule has 0 unspecified atom stereocenters. The van der Waals surface area contributed by atoms with Crippen molar-refractivity contribution in [3.63, 3.8) is 0 Å². The van der Waals surface area contributed by atoms with Crippen molar-refractivity contribution in [2.45, 2.75) is 6.92 Å². The van der Waals surface area contributed by atoms with Gasteiger partial charge >= 0.3 is 0 Å². The van der Waals surface area contributed by atoms with Crippen molar-refractivity contribution in [1.29, 1.82) is 0 Å². The Morgan fingerprint density at radius 2 is 2.33 bits per heavy atom. The molecule has 0 aromatic heterocycles. The van der Waals surface area contributed by atoms with Crippen LogP contribution in [-0.4, -0.2) is 13.2 Å². The number of allylic oxidation sites excluding steroid dienone is 1. The SMILES string of the molecule is CC=C1COC1. The van der Waals surface area contributed by atoms with Crippen LogP contribution in [0, 0.1) is 0 Å². The lowest BCUT2D eigenvalue weighted by atomic mass is 10.2. The van der Waals surface area contributed by atoms with Gasteiger partial charge in [0.05, 0.1) is 13.2 Å². The Bertz CT molecular complexity index is 68.0. The zero-order valence-corrected chi connectivity index (χ0v) is 3.90. The summed E-state index contributed by atoms with van der Waals surface area (Å²) >= 11 is 0. The summed E-state index contributed by atoms with van der Waals surface area (Å²) in [4.78, 5) is 0. The number of hydrogen-bond acceptors (Lipinski definition) is 1. The van der Waals surface area contributed by atoms with E-state index in [1.807, 2.05) is 6.92 Å². The van der Waals surface area contributed by atoms with Crippen LogP contribution >= 0.6 is 0 Å². The van der Waals surface area contributed by atoms with Crippen molar-refractivity contribution < 1.29 is 4.74 Å². The molecule has 0 radical (unpaired) electrons. The van der Waals surface area contributed by atoms with E-state index < -0.39 is 0 Å². The standard InChI is InChI=1S/C5H8O/c1-2-5-3-6-4-5/h2H,3-4H2,1H3. The Morgan fingerprint density at radius 1 is 1.67 bits per heavy atom. The summed E-state index contributed by atoms with van der Waals surface area (Å²) in [6.07, 6.45) is 2.10. The minimum atomic E-state index is 0.872. The monoisotopic (exact) mass is 84.1 g/mol. The number of ether oxygens (including phenoxy) is 1. The van der Waals surface area contributed by atoms with Crippen LogP contribution in [0.15, 0.2) is 11.6 Å². The molecular weight excluding hydrogens is 76.1 g/mol. The maximum atomic E-state index is 4.86. The second kappa shape index (κ2) is 1.43. The van der Waals surface area contributed by atoms with Crippen LogP contribution in [0.3, 0.4) is 0 Å². The van der Waals surface area contributed by atoms with Crippen LogP contribution in [0.2, 0.25) is 0 Å². The molecule has 0 N–H and O–H groups in total. The zero-order chi connectivity index (χ0) is 4.41. The van der Waals surface area contributed by atoms with E-state index in [2.05, 4.69) is 6.08 Å². The van der Waals surface area contributed by atoms with Gasteiger partial charge in [0.15, 0.2) is 0 Å². The van der Waals surface area contributed by atoms with Crippen molar-refractivity contribution in [3.8, 4) is 0 Å². The molecule has 0 spiro atoms. The quantitative estimate of drug-likeness (QED) is 0.397. The van der Waals surface area contributed by atoms with Gasteiger partial charge in [-0.25, -0.2) is 0 Å². The summed E-state index contributed by atoms with van der Waals surface area (Å²) in [6, 6.07) is 0. The van der Waals surface area contributed by atoms with Gasteiger partial charge in [-0.05, 0) is 12.5 Å². The van der Waals surface area contributed by atoms with E-state index in [1.165, 1.54) is 5.57 Å². The van der Waals surface area contributed by atoms with Crippen LogP contribution in [0.1, 0.15) is 6.92 Å². The molecule has 0 saturated carbocycles. The molecule has 6 heavy (non-hydrogen) atoms. The molecule has 1 aliphatic rings. The maximum absolute atomic E-state index is 4.86. The molecular formula is C5H8O. The molecule has 1 aliphatic heterocycles. The highest BCUT2D eigenvalue weighted by Crippen LogP contribution is 2.05. The predicted octanol–water partition coefficient (Wildman–Crippen LogP) is 0.963. The van der Waals surface area contributed by atoms with Gasteiger partial charge in [0.25, 0.3) is 0 Å². The first-order valence-electron chi connectivity index (χ1n) is 2.15. The topological polar surface area (TPSA) is 9.23 Å². The molecule has 0 amide bonds. The second-order valence-corrected chi connectivity index (χ2v) is 1.44. The predicted molar refractivity (Wildman–Crippen MR) is 24.6 cm³/mol. The van der Waals surface area contributed by atoms with Gasteiger partial charge in [-0.2, -0.15) is 0 Å². The first-order valence-corrected chi connectivity index (χ1v) is 2.15. The van der Waals surface area contributed by atoms with Crippen LogP contribution < -0.4 is 0 Å². The summed E-state index contributed by atoms with van der Waals surface area (Å²) in [5.74, 6) is 0. The number of rotatable bonds is 0. The Kier molecular flexibility index (Phi) is 0.926. The normalized spacial score (nSPS) is 19.8. The van der Waals surface area contributed by atoms with Crippen molar-refractivity contribution in [1.82, 2.24) is 0 Å². The molecule has 0 atom stereocenters. The zero-order valence-electron chi connectivity index (χ0n) is 3.90. The molecule has 0 bridgehead atoms. The molecule has 1 saturated heterocycles. The molecule has 0 aliphatic carbocycles. The summed E-state index contributed by atoms with van der Waals surface area (Å²) in [7, 11) is 0. The van der Waals surface area contributed by atoms with E-state index in [0.29, 0.717) is 0 Å². The highest BCUT2D eigenvalue weighted by molar-refractivity contribution is 5.06. The fourth-order valence-electron chi connectivity index (χ4n) is 0.387. The average molecular weight is 84.1 g/mol. The Balaban J connectivity index is 2.34. The third-order valence-electron chi connectivity index (χ3n) is 0.983. The highest BCUT2D eigenvalue weighted by atomic mass is 16.5. The van der Waals surface area contributed by atoms with Gasteiger partial charge in [-0.15, -0.1) is 0 Å². The van der Waals surface area contributed by atoms with E-state index in [-0.39, 0.29) is 0 Å². The smallest absolute Gasteiger partial charge is 0.0703 e. The third kappa shape index (κ3) is 0.455. The van der Waals surface area contributed by atoms with Crippen molar-refractivity contribution in [2.24, 2.45) is 0 Å². The van der Waals surface area contributed by atoms with Gasteiger partial charge in [0, 0.05) is 0 Å². The Hall–Kier alpha value is -0.300. The van der Waals surface area contributed by atoms with Gasteiger partial charge in [0.1, 0.15) is 0 Å². The lowest BCUT2D eigenvalue weighted by molar-refractivity contribution is 0.103. The molecule has 34 valence electrons. The minimum Gasteiger partial charge on any atom is -0.373 e. The minimum absolute atomic E-state index is 0.872. The maximum Gasteiger partial charge on any atom is 0.0703 e. The second-order valence-electron chi connectivity index (χ2n) is 1.44. The highest BCUT2D eigenvalue weighted by Gasteiger charge is 2.04. The summed E-state index contributed by atoms with van der Waals surface area (Å²) in [5.41, 5.74) is 1.43. The summed E-state index contributed by atoms with van der Waals surface area (Å²) in [5, 5.41) is 0. The average Bonchev–Trinajstić information content (AvgIpc) is 1.31. The number of hydrogen-bond donors (Lipinski definition) is 0. The van der Waals surface area contributed by atoms with E-state index in [1.54, 1.807) is 0 Å². The summed E-state index contributed by atoms with van der Waals surface area (Å²) in [6.45, 7) is 3.78. The lowest BCUT2D eigenvalue weighted by Crippen LogP contribution is -2.15. The fraction of sp³-hybridized carbons (Fsp3) is 0.600. The van der Waals surface area contributed by atoms with Crippen LogP contribution in [0.4, 0.5) is 0 Å². The summed E-state index contributed by atoms with van der Waals surface area (Å²) < 4.78 is 4.86. The van der Waals surface area contributed by atoms with Crippen molar-refractivity contribution in [2.75, 3.05) is 13.2 Å². The van der Waals surface area contributed by atoms with Gasteiger partial charge in [0.2, 0.25) is 0 Å². The van der Waals surface area contributed by atoms with Gasteiger partial charge in [-0.3, -0.25) is 0 Å². The molecule has 1 nitrogen and oxygen atoms in total. The molecule has 1 fully saturated rings. The Labute approximate surface area is 37.6 Å². The van der Waals surface area contributed by atoms with Crippen LogP contribution in [0.25, 0.3) is 0 Å². The first-order chi connectivity index (χ1) is 2.93. The third-order valence-corrected chi connectivity index (χ3v) is 0.983. The van der Waals surface area contributed by atoms with Crippen molar-refractivity contribution in [3.05, 3.63) is 11.6 Å². The Morgan fingerprint density at radius 3 is 2.33 bits per heavy atom. The van der Waals surface area contributed by atoms with Gasteiger partial charge < -0.3 is 4.74 Å². The van der Waals surface area contributed by atoms with E-state index in [0.717, 1.165) is 13.2 Å². The molecule has 1 rings (SSSR count). The molecule has 0 aromatic rings. The lowest BCUT2D eigenvalue weighted by Gasteiger charge is -2.15. The van der Waals surface area contributed by atoms with Crippen LogP contribution in [-0.2, 0) is 4.74 Å². The van der Waals surface area contributed by atoms with Gasteiger partial charge in [-0.1, -0.05) is 6.08 Å². The van der Waals surface area contributed by atoms with E-state index in [9.17, 15) is 0 Å². The molecule has 1 heterocycles. The molecule has 1 heteroatoms. The first kappa shape index (κ1) is 3.88. The van der Waals surface area contributed by atoms with E-state index >= 15 is 0 Å².